The molecule has 0 N–H and O–H groups in total. The van der Waals surface area contributed by atoms with Crippen LogP contribution in [0.2, 0.25) is 0 Å². The van der Waals surface area contributed by atoms with Gasteiger partial charge >= 0.3 is 17.9 Å². The Balaban J connectivity index is 4.23. The molecule has 348 valence electrons. The van der Waals surface area contributed by atoms with E-state index in [0.717, 1.165) is 128 Å². The second-order valence-electron chi connectivity index (χ2n) is 16.3. The Hall–Kier alpha value is -3.41. The molecular formula is C55H92O6. The molecule has 1 unspecified atom stereocenters. The van der Waals surface area contributed by atoms with Crippen LogP contribution in [0.15, 0.2) is 85.1 Å². The van der Waals surface area contributed by atoms with Gasteiger partial charge in [0.1, 0.15) is 13.2 Å². The average molecular weight is 849 g/mol. The number of allylic oxidation sites excluding steroid dienone is 14. The van der Waals surface area contributed by atoms with E-state index in [9.17, 15) is 14.4 Å². The Labute approximate surface area is 375 Å². The number of hydrogen-bond donors (Lipinski definition) is 0. The summed E-state index contributed by atoms with van der Waals surface area (Å²) in [6, 6.07) is 0. The Morgan fingerprint density at radius 1 is 0.344 bits per heavy atom. The molecular weight excluding hydrogens is 757 g/mol. The van der Waals surface area contributed by atoms with Gasteiger partial charge in [-0.3, -0.25) is 14.4 Å². The lowest BCUT2D eigenvalue weighted by atomic mass is 10.1. The molecule has 6 nitrogen and oxygen atoms in total. The van der Waals surface area contributed by atoms with Crippen LogP contribution in [0.3, 0.4) is 0 Å². The van der Waals surface area contributed by atoms with E-state index in [4.69, 9.17) is 14.2 Å². The molecule has 61 heavy (non-hydrogen) atoms. The predicted molar refractivity (Wildman–Crippen MR) is 261 cm³/mol. The van der Waals surface area contributed by atoms with E-state index in [0.29, 0.717) is 19.3 Å². The third-order valence-corrected chi connectivity index (χ3v) is 10.4. The second-order valence-corrected chi connectivity index (χ2v) is 16.3. The Kier molecular flexibility index (Phi) is 46.5. The van der Waals surface area contributed by atoms with Gasteiger partial charge < -0.3 is 14.2 Å². The van der Waals surface area contributed by atoms with Crippen LogP contribution in [0.5, 0.6) is 0 Å². The maximum atomic E-state index is 12.7. The maximum Gasteiger partial charge on any atom is 0.306 e. The molecule has 6 heteroatoms. The van der Waals surface area contributed by atoms with E-state index in [1.165, 1.54) is 57.8 Å². The minimum Gasteiger partial charge on any atom is -0.462 e. The van der Waals surface area contributed by atoms with Gasteiger partial charge in [0.05, 0.1) is 0 Å². The summed E-state index contributed by atoms with van der Waals surface area (Å²) >= 11 is 0. The molecule has 0 aromatic rings. The van der Waals surface area contributed by atoms with Gasteiger partial charge in [0.2, 0.25) is 0 Å². The van der Waals surface area contributed by atoms with Crippen LogP contribution in [0.4, 0.5) is 0 Å². The average Bonchev–Trinajstić information content (AvgIpc) is 3.26. The van der Waals surface area contributed by atoms with Crippen molar-refractivity contribution in [2.24, 2.45) is 0 Å². The number of ether oxygens (including phenoxy) is 3. The first kappa shape index (κ1) is 57.6. The Morgan fingerprint density at radius 3 is 1.08 bits per heavy atom. The molecule has 0 aliphatic heterocycles. The molecule has 0 heterocycles. The molecule has 0 aromatic carbocycles. The van der Waals surface area contributed by atoms with Crippen LogP contribution in [-0.2, 0) is 28.6 Å². The summed E-state index contributed by atoms with van der Waals surface area (Å²) in [5.41, 5.74) is 0. The fourth-order valence-electron chi connectivity index (χ4n) is 6.62. The van der Waals surface area contributed by atoms with Crippen LogP contribution in [0.25, 0.3) is 0 Å². The standard InChI is InChI=1S/C55H92O6/c1-4-7-10-13-16-19-21-22-23-24-25-26-27-28-29-30-31-32-33-34-35-37-39-42-45-48-54(57)60-51-52(50-59-53(56)47-44-41-38-18-15-12-9-6-3)61-55(58)49-46-43-40-36-20-17-14-11-8-5-2/h7,10-11,14,16,19,22-23,25-26,28-29,31-32,52H,4-6,8-9,12-13,15,17-18,20-21,24,27,30,33-51H2,1-3H3/b10-7-,14-11-,19-16-,23-22-,26-25-,29-28-,32-31-. The number of esters is 3. The molecule has 0 fully saturated rings. The molecule has 0 amide bonds. The van der Waals surface area contributed by atoms with Crippen molar-refractivity contribution in [1.82, 2.24) is 0 Å². The summed E-state index contributed by atoms with van der Waals surface area (Å²) in [6.45, 7) is 6.40. The Morgan fingerprint density at radius 2 is 0.672 bits per heavy atom. The van der Waals surface area contributed by atoms with Crippen molar-refractivity contribution in [3.63, 3.8) is 0 Å². The normalized spacial score (nSPS) is 12.8. The van der Waals surface area contributed by atoms with Crippen LogP contribution < -0.4 is 0 Å². The second kappa shape index (κ2) is 49.2. The zero-order valence-electron chi connectivity index (χ0n) is 39.7. The molecule has 0 saturated carbocycles. The van der Waals surface area contributed by atoms with Crippen molar-refractivity contribution in [2.45, 2.75) is 232 Å². The zero-order chi connectivity index (χ0) is 44.4. The van der Waals surface area contributed by atoms with Crippen LogP contribution >= 0.6 is 0 Å². The summed E-state index contributed by atoms with van der Waals surface area (Å²) in [7, 11) is 0. The van der Waals surface area contributed by atoms with Gasteiger partial charge in [-0.05, 0) is 89.9 Å². The lowest BCUT2D eigenvalue weighted by Gasteiger charge is -2.18. The third-order valence-electron chi connectivity index (χ3n) is 10.4. The summed E-state index contributed by atoms with van der Waals surface area (Å²) in [5.74, 6) is -0.919. The molecule has 0 aromatic heterocycles. The molecule has 0 radical (unpaired) electrons. The molecule has 0 spiro atoms. The van der Waals surface area contributed by atoms with Gasteiger partial charge in [0.25, 0.3) is 0 Å². The molecule has 0 aliphatic rings. The molecule has 0 saturated heterocycles. The number of carbonyl (C=O) groups is 3. The molecule has 1 atom stereocenters. The van der Waals surface area contributed by atoms with Crippen LogP contribution in [0.1, 0.15) is 226 Å². The molecule has 0 rings (SSSR count). The van der Waals surface area contributed by atoms with Gasteiger partial charge in [0.15, 0.2) is 6.10 Å². The first-order valence-corrected chi connectivity index (χ1v) is 25.1. The summed E-state index contributed by atoms with van der Waals surface area (Å²) in [5, 5.41) is 0. The topological polar surface area (TPSA) is 78.9 Å². The van der Waals surface area contributed by atoms with Gasteiger partial charge in [-0.15, -0.1) is 0 Å². The van der Waals surface area contributed by atoms with E-state index in [2.05, 4.69) is 106 Å². The fraction of sp³-hybridized carbons (Fsp3) is 0.691. The predicted octanol–water partition coefficient (Wildman–Crippen LogP) is 16.4. The highest BCUT2D eigenvalue weighted by molar-refractivity contribution is 5.71. The van der Waals surface area contributed by atoms with Crippen molar-refractivity contribution >= 4 is 17.9 Å². The summed E-state index contributed by atoms with van der Waals surface area (Å²) in [4.78, 5) is 37.7. The Bertz CT molecular complexity index is 1200. The van der Waals surface area contributed by atoms with E-state index < -0.39 is 6.10 Å². The summed E-state index contributed by atoms with van der Waals surface area (Å²) < 4.78 is 16.7. The number of unbranched alkanes of at least 4 members (excludes halogenated alkanes) is 19. The molecule has 0 bridgehead atoms. The minimum absolute atomic E-state index is 0.0843. The van der Waals surface area contributed by atoms with Crippen molar-refractivity contribution < 1.29 is 28.6 Å². The lowest BCUT2D eigenvalue weighted by Crippen LogP contribution is -2.30. The number of rotatable bonds is 44. The van der Waals surface area contributed by atoms with Crippen LogP contribution in [0, 0.1) is 0 Å². The summed E-state index contributed by atoms with van der Waals surface area (Å²) in [6.07, 6.45) is 63.0. The van der Waals surface area contributed by atoms with E-state index in [-0.39, 0.29) is 31.1 Å². The van der Waals surface area contributed by atoms with E-state index in [1.54, 1.807) is 0 Å². The van der Waals surface area contributed by atoms with Gasteiger partial charge in [-0.2, -0.15) is 0 Å². The zero-order valence-corrected chi connectivity index (χ0v) is 39.7. The van der Waals surface area contributed by atoms with Crippen molar-refractivity contribution in [1.29, 1.82) is 0 Å². The van der Waals surface area contributed by atoms with Crippen molar-refractivity contribution in [3.8, 4) is 0 Å². The fourth-order valence-corrected chi connectivity index (χ4v) is 6.62. The third kappa shape index (κ3) is 47.5. The van der Waals surface area contributed by atoms with E-state index >= 15 is 0 Å². The number of carbonyl (C=O) groups excluding carboxylic acids is 3. The highest BCUT2D eigenvalue weighted by Gasteiger charge is 2.19. The quantitative estimate of drug-likeness (QED) is 0.0263. The van der Waals surface area contributed by atoms with Crippen LogP contribution in [-0.4, -0.2) is 37.2 Å². The highest BCUT2D eigenvalue weighted by Crippen LogP contribution is 2.13. The molecule has 0 aliphatic carbocycles. The van der Waals surface area contributed by atoms with Gasteiger partial charge in [-0.1, -0.05) is 202 Å². The largest absolute Gasteiger partial charge is 0.462 e. The SMILES string of the molecule is CC/C=C\C/C=C\C/C=C\C/C=C\C/C=C\C/C=C\CCCCCCCCC(=O)OCC(COC(=O)CCCCCCCCCC)OC(=O)CCCCCCC/C=C\CCC. The minimum atomic E-state index is -0.782. The van der Waals surface area contributed by atoms with Gasteiger partial charge in [-0.25, -0.2) is 0 Å². The van der Waals surface area contributed by atoms with Crippen molar-refractivity contribution in [3.05, 3.63) is 85.1 Å². The number of hydrogen-bond acceptors (Lipinski definition) is 6. The first-order chi connectivity index (χ1) is 30.0. The highest BCUT2D eigenvalue weighted by atomic mass is 16.6. The van der Waals surface area contributed by atoms with E-state index in [1.807, 2.05) is 0 Å². The monoisotopic (exact) mass is 849 g/mol. The van der Waals surface area contributed by atoms with Gasteiger partial charge in [0, 0.05) is 19.3 Å². The lowest BCUT2D eigenvalue weighted by molar-refractivity contribution is -0.167. The maximum absolute atomic E-state index is 12.7. The van der Waals surface area contributed by atoms with Crippen molar-refractivity contribution in [2.75, 3.05) is 13.2 Å². The smallest absolute Gasteiger partial charge is 0.306 e. The first-order valence-electron chi connectivity index (χ1n) is 25.1.